The van der Waals surface area contributed by atoms with Crippen LogP contribution in [-0.2, 0) is 11.9 Å². The molecule has 0 saturated carbocycles. The first kappa shape index (κ1) is 7.18. The largest absolute Gasteiger partial charge is 0.317 e. The second-order valence-corrected chi connectivity index (χ2v) is 2.69. The monoisotopic (exact) mass is 148 g/mol. The lowest BCUT2D eigenvalue weighted by Gasteiger charge is -2.20. The van der Waals surface area contributed by atoms with E-state index >= 15 is 0 Å². The summed E-state index contributed by atoms with van der Waals surface area (Å²) in [5.41, 5.74) is 0. The zero-order chi connectivity index (χ0) is 6.53. The molecule has 0 aromatic carbocycles. The van der Waals surface area contributed by atoms with E-state index in [0.29, 0.717) is 6.04 Å². The Morgan fingerprint density at radius 2 is 2.11 bits per heavy atom. The summed E-state index contributed by atoms with van der Waals surface area (Å²) in [4.78, 5) is 0. The highest BCUT2D eigenvalue weighted by atomic mass is 32.2. The molecular weight excluding hydrogens is 136 g/mol. The van der Waals surface area contributed by atoms with E-state index in [1.54, 1.807) is 0 Å². The van der Waals surface area contributed by atoms with E-state index in [1.807, 2.05) is 0 Å². The van der Waals surface area contributed by atoms with Crippen molar-refractivity contribution in [2.45, 2.75) is 18.9 Å². The van der Waals surface area contributed by atoms with Crippen molar-refractivity contribution in [1.29, 1.82) is 0 Å². The highest BCUT2D eigenvalue weighted by Gasteiger charge is 2.10. The van der Waals surface area contributed by atoms with Crippen LogP contribution in [0.3, 0.4) is 0 Å². The van der Waals surface area contributed by atoms with Crippen molar-refractivity contribution in [2.24, 2.45) is 0 Å². The van der Waals surface area contributed by atoms with E-state index in [4.69, 9.17) is 0 Å². The van der Waals surface area contributed by atoms with E-state index in [2.05, 4.69) is 10.0 Å². The predicted molar refractivity (Wildman–Crippen MR) is 38.6 cm³/mol. The molecule has 0 bridgehead atoms. The molecule has 1 rings (SSSR count). The van der Waals surface area contributed by atoms with E-state index in [-0.39, 0.29) is 11.9 Å². The highest BCUT2D eigenvalue weighted by molar-refractivity contribution is 7.63. The van der Waals surface area contributed by atoms with Gasteiger partial charge in [0.05, 0.1) is 11.9 Å². The van der Waals surface area contributed by atoms with Gasteiger partial charge in [0.15, 0.2) is 0 Å². The first-order chi connectivity index (χ1) is 4.43. The lowest BCUT2D eigenvalue weighted by Crippen LogP contribution is -2.38. The van der Waals surface area contributed by atoms with Crippen molar-refractivity contribution in [3.05, 3.63) is 0 Å². The van der Waals surface area contributed by atoms with Crippen molar-refractivity contribution in [1.82, 2.24) is 10.0 Å². The molecule has 54 valence electrons. The normalized spacial score (nSPS) is 22.2. The Bertz CT molecular complexity index is 93.0. The molecule has 9 heavy (non-hydrogen) atoms. The van der Waals surface area contributed by atoms with Gasteiger partial charge in [0.25, 0.3) is 0 Å². The number of rotatable bonds is 2. The zero-order valence-electron chi connectivity index (χ0n) is 5.26. The van der Waals surface area contributed by atoms with E-state index in [9.17, 15) is 4.21 Å². The molecular formula is C5H12N2OS. The molecule has 0 aliphatic carbocycles. The molecule has 1 aliphatic rings. The second kappa shape index (κ2) is 3.98. The van der Waals surface area contributed by atoms with Crippen molar-refractivity contribution in [2.75, 3.05) is 13.1 Å². The van der Waals surface area contributed by atoms with Gasteiger partial charge in [0.2, 0.25) is 0 Å². The quantitative estimate of drug-likeness (QED) is 0.448. The Balaban J connectivity index is 2.15. The molecule has 4 heteroatoms. The summed E-state index contributed by atoms with van der Waals surface area (Å²) < 4.78 is 12.9. The number of hydrogen-bond acceptors (Lipinski definition) is 2. The maximum atomic E-state index is 10.0. The fraction of sp³-hybridized carbons (Fsp3) is 1.00. The minimum atomic E-state index is 0.0706. The summed E-state index contributed by atoms with van der Waals surface area (Å²) in [6, 6.07) is 0.463. The van der Waals surface area contributed by atoms with Gasteiger partial charge in [-0.1, -0.05) is 0 Å². The van der Waals surface area contributed by atoms with Crippen molar-refractivity contribution in [3.63, 3.8) is 0 Å². The molecule has 0 unspecified atom stereocenters. The van der Waals surface area contributed by atoms with Crippen LogP contribution in [0.1, 0.15) is 12.8 Å². The van der Waals surface area contributed by atoms with Crippen LogP contribution < -0.4 is 10.0 Å². The van der Waals surface area contributed by atoms with Crippen LogP contribution in [0.2, 0.25) is 0 Å². The van der Waals surface area contributed by atoms with Gasteiger partial charge < -0.3 is 5.32 Å². The molecule has 0 radical (unpaired) electrons. The Hall–Kier alpha value is 0.0700. The summed E-state index contributed by atoms with van der Waals surface area (Å²) in [6.07, 6.45) is 2.18. The minimum Gasteiger partial charge on any atom is -0.317 e. The lowest BCUT2D eigenvalue weighted by molar-refractivity contribution is 0.437. The molecule has 1 saturated heterocycles. The third kappa shape index (κ3) is 2.43. The number of thiol groups is 1. The Labute approximate surface area is 58.8 Å². The van der Waals surface area contributed by atoms with Crippen LogP contribution >= 0.6 is 0 Å². The first-order valence-corrected chi connectivity index (χ1v) is 4.03. The standard InChI is InChI=1S/C5H12N2OS/c8-9-7-5-1-3-6-4-2-5/h5-6,9H,1-4H2,(H,7,8). The van der Waals surface area contributed by atoms with Gasteiger partial charge in [0.1, 0.15) is 0 Å². The van der Waals surface area contributed by atoms with Crippen LogP contribution in [0, 0.1) is 0 Å². The van der Waals surface area contributed by atoms with Gasteiger partial charge >= 0.3 is 0 Å². The number of nitrogens with one attached hydrogen (secondary N) is 2. The number of piperidine rings is 1. The maximum absolute atomic E-state index is 10.0. The molecule has 0 amide bonds. The average molecular weight is 148 g/mol. The van der Waals surface area contributed by atoms with E-state index in [0.717, 1.165) is 25.9 Å². The first-order valence-electron chi connectivity index (χ1n) is 3.22. The average Bonchev–Trinajstić information content (AvgIpc) is 1.91. The maximum Gasteiger partial charge on any atom is 0.0783 e. The summed E-state index contributed by atoms with van der Waals surface area (Å²) >= 11 is 0.0706. The van der Waals surface area contributed by atoms with Crippen LogP contribution in [0.15, 0.2) is 0 Å². The van der Waals surface area contributed by atoms with E-state index in [1.165, 1.54) is 0 Å². The SMILES string of the molecule is O=[SH]NC1CCNCC1. The molecule has 1 aliphatic heterocycles. The Morgan fingerprint density at radius 1 is 1.44 bits per heavy atom. The van der Waals surface area contributed by atoms with Gasteiger partial charge in [-0.05, 0) is 25.9 Å². The Morgan fingerprint density at radius 3 is 2.67 bits per heavy atom. The third-order valence-electron chi connectivity index (χ3n) is 1.57. The van der Waals surface area contributed by atoms with Crippen LogP contribution in [0.25, 0.3) is 0 Å². The molecule has 1 heterocycles. The van der Waals surface area contributed by atoms with Crippen molar-refractivity contribution >= 4 is 11.9 Å². The molecule has 0 spiro atoms. The van der Waals surface area contributed by atoms with Crippen LogP contribution in [-0.4, -0.2) is 23.3 Å². The summed E-state index contributed by atoms with van der Waals surface area (Å²) in [5, 5.41) is 3.23. The smallest absolute Gasteiger partial charge is 0.0783 e. The molecule has 0 aromatic rings. The number of hydrogen-bond donors (Lipinski definition) is 3. The topological polar surface area (TPSA) is 41.1 Å². The van der Waals surface area contributed by atoms with Crippen molar-refractivity contribution in [3.8, 4) is 0 Å². The van der Waals surface area contributed by atoms with Gasteiger partial charge in [-0.15, -0.1) is 0 Å². The molecule has 0 aromatic heterocycles. The summed E-state index contributed by atoms with van der Waals surface area (Å²) in [6.45, 7) is 2.10. The lowest BCUT2D eigenvalue weighted by atomic mass is 10.1. The highest BCUT2D eigenvalue weighted by Crippen LogP contribution is 1.99. The Kier molecular flexibility index (Phi) is 3.17. The second-order valence-electron chi connectivity index (χ2n) is 2.24. The van der Waals surface area contributed by atoms with Crippen LogP contribution in [0.4, 0.5) is 0 Å². The molecule has 0 atom stereocenters. The van der Waals surface area contributed by atoms with E-state index < -0.39 is 0 Å². The molecule has 2 N–H and O–H groups in total. The van der Waals surface area contributed by atoms with Crippen molar-refractivity contribution < 1.29 is 4.21 Å². The summed E-state index contributed by atoms with van der Waals surface area (Å²) in [7, 11) is 0. The van der Waals surface area contributed by atoms with Crippen LogP contribution in [0.5, 0.6) is 0 Å². The van der Waals surface area contributed by atoms with Gasteiger partial charge in [-0.2, -0.15) is 0 Å². The molecule has 1 fully saturated rings. The zero-order valence-corrected chi connectivity index (χ0v) is 6.16. The van der Waals surface area contributed by atoms with Gasteiger partial charge in [-0.3, -0.25) is 0 Å². The minimum absolute atomic E-state index is 0.0706. The predicted octanol–water partition coefficient (Wildman–Crippen LogP) is -0.812. The van der Waals surface area contributed by atoms with Gasteiger partial charge in [0, 0.05) is 6.04 Å². The fourth-order valence-electron chi connectivity index (χ4n) is 1.03. The fourth-order valence-corrected chi connectivity index (χ4v) is 1.43. The summed E-state index contributed by atoms with van der Waals surface area (Å²) in [5.74, 6) is 0. The van der Waals surface area contributed by atoms with Gasteiger partial charge in [-0.25, -0.2) is 8.93 Å². The third-order valence-corrected chi connectivity index (χ3v) is 2.04. The molecule has 3 nitrogen and oxygen atoms in total.